The lowest BCUT2D eigenvalue weighted by atomic mass is 10.4. The molecule has 0 atom stereocenters. The molecule has 0 N–H and O–H groups in total. The second kappa shape index (κ2) is 3.17. The first-order chi connectivity index (χ1) is 6.84. The zero-order chi connectivity index (χ0) is 11.6. The van der Waals surface area contributed by atoms with Crippen molar-refractivity contribution < 1.29 is 9.04 Å². The highest BCUT2D eigenvalue weighted by molar-refractivity contribution is 5.55. The summed E-state index contributed by atoms with van der Waals surface area (Å²) in [7, 11) is 1.24. The van der Waals surface area contributed by atoms with Crippen LogP contribution in [0.25, 0.3) is 0 Å². The van der Waals surface area contributed by atoms with Gasteiger partial charge in [-0.2, -0.15) is 0 Å². The van der Waals surface area contributed by atoms with Crippen LogP contribution in [0.3, 0.4) is 0 Å². The molecular formula is C7H9N3O2. The Hall–Kier alpha value is -1.65. The second-order valence-electron chi connectivity index (χ2n) is 2.16. The molecule has 1 rings (SSSR count). The van der Waals surface area contributed by atoms with Crippen LogP contribution >= 0.6 is 0 Å². The third-order valence-electron chi connectivity index (χ3n) is 1.28. The molecule has 1 aromatic rings. The average molecular weight is 170 g/mol. The molecule has 0 aliphatic rings. The molecule has 0 bridgehead atoms. The molecule has 1 aromatic heterocycles. The van der Waals surface area contributed by atoms with E-state index >= 15 is 0 Å². The Balaban J connectivity index is 3.19. The first-order valence-corrected chi connectivity index (χ1v) is 3.17. The Morgan fingerprint density at radius 1 is 1.83 bits per heavy atom. The fourth-order valence-corrected chi connectivity index (χ4v) is 0.789. The molecule has 0 radical (unpaired) electrons. The Labute approximate surface area is 74.0 Å². The Morgan fingerprint density at radius 2 is 2.58 bits per heavy atom. The molecular weight excluding hydrogens is 158 g/mol. The summed E-state index contributed by atoms with van der Waals surface area (Å²) in [5.41, 5.74) is -0.323. The first-order valence-electron chi connectivity index (χ1n) is 4.67. The van der Waals surface area contributed by atoms with E-state index in [2.05, 4.69) is 4.98 Å². The van der Waals surface area contributed by atoms with Gasteiger partial charge in [-0.15, -0.1) is 0 Å². The number of rotatable bonds is 2. The van der Waals surface area contributed by atoms with E-state index in [1.807, 2.05) is 0 Å². The monoisotopic (exact) mass is 170 g/mol. The van der Waals surface area contributed by atoms with Crippen molar-refractivity contribution in [3.05, 3.63) is 28.4 Å². The molecule has 0 aliphatic carbocycles. The van der Waals surface area contributed by atoms with Crippen LogP contribution in [0.5, 0.6) is 0 Å². The molecule has 0 fully saturated rings. The van der Waals surface area contributed by atoms with Crippen molar-refractivity contribution in [2.75, 3.05) is 18.9 Å². The lowest BCUT2D eigenvalue weighted by Gasteiger charge is -2.09. The molecule has 0 saturated heterocycles. The van der Waals surface area contributed by atoms with Crippen LogP contribution < -0.4 is 4.90 Å². The van der Waals surface area contributed by atoms with Gasteiger partial charge in [-0.1, -0.05) is 0 Å². The minimum absolute atomic E-state index is 0.164. The fourth-order valence-electron chi connectivity index (χ4n) is 0.789. The Kier molecular flexibility index (Phi) is 1.34. The fraction of sp³-hybridized carbons (Fsp3) is 0.286. The van der Waals surface area contributed by atoms with E-state index in [0.29, 0.717) is 0 Å². The zero-order valence-electron chi connectivity index (χ0n) is 9.39. The number of pyridine rings is 1. The Morgan fingerprint density at radius 3 is 3.17 bits per heavy atom. The first kappa shape index (κ1) is 5.08. The van der Waals surface area contributed by atoms with E-state index in [9.17, 15) is 10.1 Å². The molecule has 5 nitrogen and oxygen atoms in total. The van der Waals surface area contributed by atoms with Crippen LogP contribution in [0.4, 0.5) is 11.5 Å². The number of hydrogen-bond acceptors (Lipinski definition) is 4. The highest BCUT2D eigenvalue weighted by Gasteiger charge is 2.14. The number of nitrogens with zero attached hydrogens (tertiary/aromatic N) is 3. The lowest BCUT2D eigenvalue weighted by molar-refractivity contribution is -0.384. The molecule has 1 heterocycles. The maximum absolute atomic E-state index is 10.6. The van der Waals surface area contributed by atoms with E-state index in [-0.39, 0.29) is 11.5 Å². The van der Waals surface area contributed by atoms with Crippen LogP contribution in [-0.4, -0.2) is 23.9 Å². The minimum atomic E-state index is -2.45. The van der Waals surface area contributed by atoms with Crippen LogP contribution in [0, 0.1) is 10.1 Å². The van der Waals surface area contributed by atoms with Gasteiger partial charge in [0.05, 0.1) is 4.92 Å². The SMILES string of the molecule is [2H]C([2H])([2H])N(C)c1ncccc1[N+](=O)[O-]. The zero-order valence-corrected chi connectivity index (χ0v) is 6.39. The van der Waals surface area contributed by atoms with Gasteiger partial charge in [-0.25, -0.2) is 4.98 Å². The molecule has 0 amide bonds. The van der Waals surface area contributed by atoms with Gasteiger partial charge in [0, 0.05) is 30.4 Å². The van der Waals surface area contributed by atoms with Crippen molar-refractivity contribution in [3.63, 3.8) is 0 Å². The van der Waals surface area contributed by atoms with Gasteiger partial charge in [0.25, 0.3) is 0 Å². The maximum atomic E-state index is 10.6. The normalized spacial score (nSPS) is 14.2. The van der Waals surface area contributed by atoms with Crippen molar-refractivity contribution in [2.24, 2.45) is 0 Å². The number of hydrogen-bond donors (Lipinski definition) is 0. The predicted molar refractivity (Wildman–Crippen MR) is 45.2 cm³/mol. The minimum Gasteiger partial charge on any atom is -0.357 e. The van der Waals surface area contributed by atoms with Gasteiger partial charge in [0.15, 0.2) is 0 Å². The van der Waals surface area contributed by atoms with Crippen molar-refractivity contribution in [2.45, 2.75) is 0 Å². The highest BCUT2D eigenvalue weighted by atomic mass is 16.6. The molecule has 0 unspecified atom stereocenters. The molecule has 64 valence electrons. The molecule has 0 aliphatic heterocycles. The van der Waals surface area contributed by atoms with Crippen LogP contribution in [0.2, 0.25) is 0 Å². The molecule has 0 spiro atoms. The maximum Gasteiger partial charge on any atom is 0.311 e. The van der Waals surface area contributed by atoms with Crippen molar-refractivity contribution >= 4 is 11.5 Å². The van der Waals surface area contributed by atoms with Gasteiger partial charge < -0.3 is 4.90 Å². The summed E-state index contributed by atoms with van der Waals surface area (Å²) in [5.74, 6) is -0.164. The third kappa shape index (κ3) is 1.50. The van der Waals surface area contributed by atoms with Gasteiger partial charge in [0.2, 0.25) is 5.82 Å². The van der Waals surface area contributed by atoms with Gasteiger partial charge in [-0.05, 0) is 6.07 Å². The quantitative estimate of drug-likeness (QED) is 0.491. The smallest absolute Gasteiger partial charge is 0.311 e. The van der Waals surface area contributed by atoms with E-state index in [4.69, 9.17) is 4.11 Å². The van der Waals surface area contributed by atoms with Crippen LogP contribution in [0.15, 0.2) is 18.3 Å². The summed E-state index contributed by atoms with van der Waals surface area (Å²) >= 11 is 0. The third-order valence-corrected chi connectivity index (χ3v) is 1.28. The molecule has 0 aromatic carbocycles. The Bertz CT molecular complexity index is 380. The van der Waals surface area contributed by atoms with Crippen molar-refractivity contribution in [1.29, 1.82) is 0 Å². The lowest BCUT2D eigenvalue weighted by Crippen LogP contribution is -2.12. The standard InChI is InChI=1S/C7H9N3O2/c1-9(2)7-6(10(11)12)4-3-5-8-7/h3-5H,1-2H3/i1D3. The van der Waals surface area contributed by atoms with Crippen LogP contribution in [-0.2, 0) is 0 Å². The number of anilines is 1. The summed E-state index contributed by atoms with van der Waals surface area (Å²) < 4.78 is 21.3. The average Bonchev–Trinajstić information content (AvgIpc) is 2.15. The highest BCUT2D eigenvalue weighted by Crippen LogP contribution is 2.21. The summed E-state index contributed by atoms with van der Waals surface area (Å²) in [6.45, 7) is -2.45. The molecule has 0 saturated carbocycles. The van der Waals surface area contributed by atoms with Gasteiger partial charge in [-0.3, -0.25) is 10.1 Å². The van der Waals surface area contributed by atoms with Crippen LogP contribution in [0.1, 0.15) is 4.11 Å². The summed E-state index contributed by atoms with van der Waals surface area (Å²) in [4.78, 5) is 14.4. The summed E-state index contributed by atoms with van der Waals surface area (Å²) in [5, 5.41) is 10.6. The number of aromatic nitrogens is 1. The molecule has 12 heavy (non-hydrogen) atoms. The van der Waals surface area contributed by atoms with E-state index in [1.165, 1.54) is 25.4 Å². The second-order valence-corrected chi connectivity index (χ2v) is 2.16. The summed E-state index contributed by atoms with van der Waals surface area (Å²) in [6.07, 6.45) is 1.31. The summed E-state index contributed by atoms with van der Waals surface area (Å²) in [6, 6.07) is 2.60. The van der Waals surface area contributed by atoms with E-state index in [0.717, 1.165) is 4.90 Å². The van der Waals surface area contributed by atoms with Gasteiger partial charge in [0.1, 0.15) is 0 Å². The van der Waals surface area contributed by atoms with Gasteiger partial charge >= 0.3 is 5.69 Å². The molecule has 5 heteroatoms. The number of nitro groups is 1. The van der Waals surface area contributed by atoms with E-state index in [1.54, 1.807) is 0 Å². The topological polar surface area (TPSA) is 59.3 Å². The van der Waals surface area contributed by atoms with Crippen molar-refractivity contribution in [1.82, 2.24) is 4.98 Å². The predicted octanol–water partition coefficient (Wildman–Crippen LogP) is 1.06. The largest absolute Gasteiger partial charge is 0.357 e. The van der Waals surface area contributed by atoms with Crippen molar-refractivity contribution in [3.8, 4) is 0 Å². The van der Waals surface area contributed by atoms with E-state index < -0.39 is 11.9 Å².